The van der Waals surface area contributed by atoms with E-state index in [-0.39, 0.29) is 6.10 Å². The van der Waals surface area contributed by atoms with E-state index in [2.05, 4.69) is 15.2 Å². The van der Waals surface area contributed by atoms with Gasteiger partial charge in [0.15, 0.2) is 5.96 Å². The number of aliphatic imine (C=N–C) groups is 1. The number of hydrogen-bond donors (Lipinski definition) is 2. The fourth-order valence-electron chi connectivity index (χ4n) is 3.04. The Bertz CT molecular complexity index is 266. The van der Waals surface area contributed by atoms with Crippen LogP contribution in [0.4, 0.5) is 0 Å². The second-order valence-electron chi connectivity index (χ2n) is 5.65. The number of nitrogens with one attached hydrogen (secondary N) is 1. The van der Waals surface area contributed by atoms with Crippen LogP contribution < -0.4 is 5.32 Å². The van der Waals surface area contributed by atoms with E-state index >= 15 is 0 Å². The Morgan fingerprint density at radius 3 is 2.44 bits per heavy atom. The summed E-state index contributed by atoms with van der Waals surface area (Å²) in [6.45, 7) is 2.91. The van der Waals surface area contributed by atoms with Gasteiger partial charge < -0.3 is 15.3 Å². The van der Waals surface area contributed by atoms with E-state index in [1.807, 2.05) is 7.05 Å². The molecule has 0 unspecified atom stereocenters. The van der Waals surface area contributed by atoms with E-state index in [0.717, 1.165) is 44.4 Å². The Morgan fingerprint density at radius 2 is 1.83 bits per heavy atom. The van der Waals surface area contributed by atoms with Gasteiger partial charge in [0.05, 0.1) is 6.10 Å². The summed E-state index contributed by atoms with van der Waals surface area (Å²) in [7, 11) is 1.86. The second kappa shape index (κ2) is 6.98. The van der Waals surface area contributed by atoms with Crippen LogP contribution in [0.5, 0.6) is 0 Å². The molecule has 0 aromatic rings. The largest absolute Gasteiger partial charge is 0.393 e. The van der Waals surface area contributed by atoms with Crippen molar-refractivity contribution in [2.24, 2.45) is 10.9 Å². The zero-order valence-corrected chi connectivity index (χ0v) is 11.6. The lowest BCUT2D eigenvalue weighted by Crippen LogP contribution is -2.47. The molecule has 0 atom stereocenters. The lowest BCUT2D eigenvalue weighted by atomic mass is 9.89. The van der Waals surface area contributed by atoms with Gasteiger partial charge in [-0.05, 0) is 31.6 Å². The first kappa shape index (κ1) is 13.7. The number of guanidine groups is 1. The fourth-order valence-corrected chi connectivity index (χ4v) is 3.04. The monoisotopic (exact) mass is 253 g/mol. The van der Waals surface area contributed by atoms with Crippen LogP contribution in [-0.4, -0.2) is 48.8 Å². The van der Waals surface area contributed by atoms with Gasteiger partial charge in [-0.2, -0.15) is 0 Å². The number of likely N-dealkylation sites (tertiary alicyclic amines) is 1. The van der Waals surface area contributed by atoms with E-state index in [4.69, 9.17) is 0 Å². The molecule has 0 radical (unpaired) electrons. The predicted molar refractivity (Wildman–Crippen MR) is 74.8 cm³/mol. The maximum absolute atomic E-state index is 9.53. The first-order chi connectivity index (χ1) is 8.79. The minimum atomic E-state index is -0.113. The van der Waals surface area contributed by atoms with Crippen molar-refractivity contribution in [3.63, 3.8) is 0 Å². The summed E-state index contributed by atoms with van der Waals surface area (Å²) in [5.41, 5.74) is 0. The highest BCUT2D eigenvalue weighted by atomic mass is 16.3. The van der Waals surface area contributed by atoms with Crippen molar-refractivity contribution in [2.75, 3.05) is 26.7 Å². The molecule has 0 spiro atoms. The molecule has 2 N–H and O–H groups in total. The summed E-state index contributed by atoms with van der Waals surface area (Å²) in [6, 6.07) is 0. The molecule has 1 heterocycles. The van der Waals surface area contributed by atoms with Crippen LogP contribution in [0.3, 0.4) is 0 Å². The molecule has 2 aliphatic rings. The van der Waals surface area contributed by atoms with Crippen molar-refractivity contribution < 1.29 is 5.11 Å². The standard InChI is InChI=1S/C14H27N3O/c1-15-14(17-9-7-13(18)8-10-17)16-11-12-5-3-2-4-6-12/h12-13,18H,2-11H2,1H3,(H,15,16). The molecule has 0 aromatic heterocycles. The molecular weight excluding hydrogens is 226 g/mol. The number of nitrogens with zero attached hydrogens (tertiary/aromatic N) is 2. The molecule has 0 amide bonds. The lowest BCUT2D eigenvalue weighted by molar-refractivity contribution is 0.107. The van der Waals surface area contributed by atoms with Gasteiger partial charge in [0.2, 0.25) is 0 Å². The van der Waals surface area contributed by atoms with E-state index in [1.54, 1.807) is 0 Å². The number of piperidine rings is 1. The van der Waals surface area contributed by atoms with Gasteiger partial charge in [-0.25, -0.2) is 0 Å². The van der Waals surface area contributed by atoms with Gasteiger partial charge in [-0.1, -0.05) is 19.3 Å². The first-order valence-corrected chi connectivity index (χ1v) is 7.43. The maximum atomic E-state index is 9.53. The number of aliphatic hydroxyl groups excluding tert-OH is 1. The van der Waals surface area contributed by atoms with Gasteiger partial charge in [0, 0.05) is 26.7 Å². The number of hydrogen-bond acceptors (Lipinski definition) is 2. The van der Waals surface area contributed by atoms with E-state index in [0.29, 0.717) is 0 Å². The fraction of sp³-hybridized carbons (Fsp3) is 0.929. The molecule has 1 aliphatic heterocycles. The molecule has 1 saturated carbocycles. The highest BCUT2D eigenvalue weighted by Crippen LogP contribution is 2.22. The minimum absolute atomic E-state index is 0.113. The van der Waals surface area contributed by atoms with Gasteiger partial charge in [0.25, 0.3) is 0 Å². The number of rotatable bonds is 2. The predicted octanol–water partition coefficient (Wildman–Crippen LogP) is 1.60. The molecule has 2 fully saturated rings. The van der Waals surface area contributed by atoms with Crippen molar-refractivity contribution in [1.82, 2.24) is 10.2 Å². The maximum Gasteiger partial charge on any atom is 0.193 e. The zero-order chi connectivity index (χ0) is 12.8. The van der Waals surface area contributed by atoms with Gasteiger partial charge in [-0.3, -0.25) is 4.99 Å². The van der Waals surface area contributed by atoms with Gasteiger partial charge >= 0.3 is 0 Å². The second-order valence-corrected chi connectivity index (χ2v) is 5.65. The van der Waals surface area contributed by atoms with Gasteiger partial charge in [-0.15, -0.1) is 0 Å². The molecule has 0 aromatic carbocycles. The highest BCUT2D eigenvalue weighted by Gasteiger charge is 2.20. The molecule has 104 valence electrons. The Kier molecular flexibility index (Phi) is 5.29. The SMILES string of the molecule is CN=C(NCC1CCCCC1)N1CCC(O)CC1. The summed E-state index contributed by atoms with van der Waals surface area (Å²) in [4.78, 5) is 6.64. The zero-order valence-electron chi connectivity index (χ0n) is 11.6. The molecule has 1 saturated heterocycles. The molecule has 4 heteroatoms. The van der Waals surface area contributed by atoms with Crippen LogP contribution in [0.25, 0.3) is 0 Å². The summed E-state index contributed by atoms with van der Waals surface area (Å²) < 4.78 is 0. The van der Waals surface area contributed by atoms with Crippen molar-refractivity contribution in [3.8, 4) is 0 Å². The average Bonchev–Trinajstić information content (AvgIpc) is 2.42. The third-order valence-corrected chi connectivity index (χ3v) is 4.25. The quantitative estimate of drug-likeness (QED) is 0.580. The Hall–Kier alpha value is -0.770. The third-order valence-electron chi connectivity index (χ3n) is 4.25. The molecule has 18 heavy (non-hydrogen) atoms. The summed E-state index contributed by atoms with van der Waals surface area (Å²) >= 11 is 0. The first-order valence-electron chi connectivity index (χ1n) is 7.43. The van der Waals surface area contributed by atoms with Crippen molar-refractivity contribution in [3.05, 3.63) is 0 Å². The summed E-state index contributed by atoms with van der Waals surface area (Å²) in [6.07, 6.45) is 8.54. The molecule has 1 aliphatic carbocycles. The van der Waals surface area contributed by atoms with Crippen LogP contribution in [0, 0.1) is 5.92 Å². The molecule has 2 rings (SSSR count). The van der Waals surface area contributed by atoms with Crippen molar-refractivity contribution in [2.45, 2.75) is 51.0 Å². The van der Waals surface area contributed by atoms with E-state index in [9.17, 15) is 5.11 Å². The van der Waals surface area contributed by atoms with Crippen molar-refractivity contribution in [1.29, 1.82) is 0 Å². The van der Waals surface area contributed by atoms with Crippen LogP contribution >= 0.6 is 0 Å². The summed E-state index contributed by atoms with van der Waals surface area (Å²) in [5.74, 6) is 1.85. The molecule has 4 nitrogen and oxygen atoms in total. The van der Waals surface area contributed by atoms with E-state index < -0.39 is 0 Å². The highest BCUT2D eigenvalue weighted by molar-refractivity contribution is 5.79. The lowest BCUT2D eigenvalue weighted by Gasteiger charge is -2.33. The van der Waals surface area contributed by atoms with Crippen LogP contribution in [0.2, 0.25) is 0 Å². The van der Waals surface area contributed by atoms with E-state index in [1.165, 1.54) is 32.1 Å². The molecular formula is C14H27N3O. The van der Waals surface area contributed by atoms with Crippen LogP contribution in [-0.2, 0) is 0 Å². The smallest absolute Gasteiger partial charge is 0.193 e. The minimum Gasteiger partial charge on any atom is -0.393 e. The van der Waals surface area contributed by atoms with Crippen LogP contribution in [0.1, 0.15) is 44.9 Å². The normalized spacial score (nSPS) is 24.3. The van der Waals surface area contributed by atoms with Gasteiger partial charge in [0.1, 0.15) is 0 Å². The number of aliphatic hydroxyl groups is 1. The molecule has 0 bridgehead atoms. The van der Waals surface area contributed by atoms with Crippen LogP contribution in [0.15, 0.2) is 4.99 Å². The van der Waals surface area contributed by atoms with Crippen molar-refractivity contribution >= 4 is 5.96 Å². The Labute approximate surface area is 110 Å². The Balaban J connectivity index is 1.75. The Morgan fingerprint density at radius 1 is 1.17 bits per heavy atom. The topological polar surface area (TPSA) is 47.9 Å². The average molecular weight is 253 g/mol. The summed E-state index contributed by atoms with van der Waals surface area (Å²) in [5, 5.41) is 13.0. The third kappa shape index (κ3) is 3.87.